The van der Waals surface area contributed by atoms with Gasteiger partial charge in [0, 0.05) is 5.56 Å². The first-order chi connectivity index (χ1) is 6.97. The molecule has 0 N–H and O–H groups in total. The lowest BCUT2D eigenvalue weighted by Crippen LogP contribution is -2.00. The molecule has 0 fully saturated rings. The standard InChI is InChI=1S/C9H5Cl4NO/c1-4-2-6(10)14-9(13)7(4)5(3-15)8(11)12/h2,8H,1H3. The van der Waals surface area contributed by atoms with Gasteiger partial charge in [-0.1, -0.05) is 46.4 Å². The van der Waals surface area contributed by atoms with E-state index >= 15 is 0 Å². The number of allylic oxidation sites excluding steroid dienone is 1. The van der Waals surface area contributed by atoms with Gasteiger partial charge in [-0.05, 0) is 18.6 Å². The number of carbonyl (C=O) groups excluding carboxylic acids is 1. The van der Waals surface area contributed by atoms with E-state index in [9.17, 15) is 4.79 Å². The van der Waals surface area contributed by atoms with Crippen LogP contribution in [0.3, 0.4) is 0 Å². The number of halogens is 4. The zero-order chi connectivity index (χ0) is 11.6. The van der Waals surface area contributed by atoms with Crippen LogP contribution in [0.2, 0.25) is 10.3 Å². The number of pyridine rings is 1. The molecule has 0 saturated carbocycles. The van der Waals surface area contributed by atoms with E-state index in [1.165, 1.54) is 0 Å². The first-order valence-electron chi connectivity index (χ1n) is 3.83. The molecule has 80 valence electrons. The molecule has 0 saturated heterocycles. The summed E-state index contributed by atoms with van der Waals surface area (Å²) in [6, 6.07) is 1.57. The summed E-state index contributed by atoms with van der Waals surface area (Å²) in [5, 5.41) is 0.330. The predicted molar refractivity (Wildman–Crippen MR) is 63.6 cm³/mol. The Kier molecular flexibility index (Phi) is 4.45. The van der Waals surface area contributed by atoms with Crippen molar-refractivity contribution in [2.75, 3.05) is 0 Å². The molecule has 1 aromatic rings. The fourth-order valence-electron chi connectivity index (χ4n) is 1.12. The maximum absolute atomic E-state index is 10.7. The monoisotopic (exact) mass is 283 g/mol. The highest BCUT2D eigenvalue weighted by Gasteiger charge is 2.18. The Morgan fingerprint density at radius 1 is 1.47 bits per heavy atom. The molecule has 0 aliphatic carbocycles. The maximum atomic E-state index is 10.7. The van der Waals surface area contributed by atoms with Crippen molar-refractivity contribution < 1.29 is 4.79 Å². The molecule has 1 rings (SSSR count). The van der Waals surface area contributed by atoms with Gasteiger partial charge in [-0.2, -0.15) is 0 Å². The van der Waals surface area contributed by atoms with Crippen LogP contribution in [-0.4, -0.2) is 15.8 Å². The third-order valence-corrected chi connectivity index (χ3v) is 2.64. The van der Waals surface area contributed by atoms with Crippen molar-refractivity contribution in [1.29, 1.82) is 0 Å². The number of alkyl halides is 2. The summed E-state index contributed by atoms with van der Waals surface area (Å²) in [6.45, 7) is 1.72. The molecule has 0 aliphatic heterocycles. The Bertz CT molecular complexity index is 415. The normalized spacial score (nSPS) is 10.3. The van der Waals surface area contributed by atoms with Crippen LogP contribution in [0.15, 0.2) is 6.07 Å². The fraction of sp³-hybridized carbons (Fsp3) is 0.222. The van der Waals surface area contributed by atoms with Crippen molar-refractivity contribution in [1.82, 2.24) is 4.98 Å². The van der Waals surface area contributed by atoms with Crippen molar-refractivity contribution in [2.24, 2.45) is 0 Å². The molecule has 0 radical (unpaired) electrons. The lowest BCUT2D eigenvalue weighted by molar-refractivity contribution is 0.569. The van der Waals surface area contributed by atoms with E-state index in [2.05, 4.69) is 4.98 Å². The molecular formula is C9H5Cl4NO. The molecule has 0 amide bonds. The molecule has 6 heteroatoms. The van der Waals surface area contributed by atoms with E-state index in [1.54, 1.807) is 18.9 Å². The van der Waals surface area contributed by atoms with Crippen LogP contribution >= 0.6 is 46.4 Å². The zero-order valence-electron chi connectivity index (χ0n) is 7.52. The summed E-state index contributed by atoms with van der Waals surface area (Å²) < 4.78 is 0. The van der Waals surface area contributed by atoms with Gasteiger partial charge in [0.2, 0.25) is 0 Å². The summed E-state index contributed by atoms with van der Waals surface area (Å²) in [5.74, 6) is 1.65. The van der Waals surface area contributed by atoms with Crippen LogP contribution in [-0.2, 0) is 4.79 Å². The third-order valence-electron chi connectivity index (χ3n) is 1.74. The average molecular weight is 285 g/mol. The maximum Gasteiger partial charge on any atom is 0.143 e. The summed E-state index contributed by atoms with van der Waals surface area (Å²) in [6.07, 6.45) is 0. The van der Waals surface area contributed by atoms with E-state index < -0.39 is 4.84 Å². The van der Waals surface area contributed by atoms with Crippen LogP contribution in [0.4, 0.5) is 0 Å². The van der Waals surface area contributed by atoms with E-state index in [4.69, 9.17) is 46.4 Å². The van der Waals surface area contributed by atoms with Gasteiger partial charge in [-0.25, -0.2) is 9.78 Å². The Balaban J connectivity index is 3.44. The lowest BCUT2D eigenvalue weighted by Gasteiger charge is -2.09. The van der Waals surface area contributed by atoms with Crippen LogP contribution in [0.25, 0.3) is 5.57 Å². The molecule has 0 bridgehead atoms. The molecule has 0 unspecified atom stereocenters. The molecule has 15 heavy (non-hydrogen) atoms. The number of rotatable bonds is 2. The highest BCUT2D eigenvalue weighted by Crippen LogP contribution is 2.31. The summed E-state index contributed by atoms with van der Waals surface area (Å²) in [4.78, 5) is 13.5. The van der Waals surface area contributed by atoms with Gasteiger partial charge in [0.05, 0.1) is 5.57 Å². The van der Waals surface area contributed by atoms with Gasteiger partial charge in [-0.15, -0.1) is 0 Å². The van der Waals surface area contributed by atoms with Crippen molar-refractivity contribution in [3.63, 3.8) is 0 Å². The highest BCUT2D eigenvalue weighted by molar-refractivity contribution is 6.51. The largest absolute Gasteiger partial charge is 0.233 e. The number of nitrogens with zero attached hydrogens (tertiary/aromatic N) is 1. The van der Waals surface area contributed by atoms with Crippen molar-refractivity contribution in [3.05, 3.63) is 27.5 Å². The minimum Gasteiger partial charge on any atom is -0.233 e. The molecule has 1 aromatic heterocycles. The number of aromatic nitrogens is 1. The van der Waals surface area contributed by atoms with E-state index in [1.807, 2.05) is 0 Å². The lowest BCUT2D eigenvalue weighted by atomic mass is 10.1. The zero-order valence-corrected chi connectivity index (χ0v) is 10.5. The van der Waals surface area contributed by atoms with Gasteiger partial charge in [-0.3, -0.25) is 0 Å². The van der Waals surface area contributed by atoms with Crippen LogP contribution in [0.5, 0.6) is 0 Å². The number of hydrogen-bond donors (Lipinski definition) is 0. The Hall–Kier alpha value is -0.240. The van der Waals surface area contributed by atoms with Crippen molar-refractivity contribution in [3.8, 4) is 0 Å². The van der Waals surface area contributed by atoms with E-state index in [0.29, 0.717) is 11.1 Å². The van der Waals surface area contributed by atoms with Crippen LogP contribution < -0.4 is 0 Å². The molecular weight excluding hydrogens is 280 g/mol. The van der Waals surface area contributed by atoms with Gasteiger partial charge >= 0.3 is 0 Å². The first-order valence-corrected chi connectivity index (χ1v) is 5.46. The molecule has 0 aliphatic rings. The summed E-state index contributed by atoms with van der Waals surface area (Å²) in [7, 11) is 0. The van der Waals surface area contributed by atoms with Gasteiger partial charge in [0.1, 0.15) is 21.1 Å². The smallest absolute Gasteiger partial charge is 0.143 e. The Morgan fingerprint density at radius 2 is 2.07 bits per heavy atom. The predicted octanol–water partition coefficient (Wildman–Crippen LogP) is 3.72. The average Bonchev–Trinajstić information content (AvgIpc) is 2.09. The molecule has 1 heterocycles. The molecule has 0 aromatic carbocycles. The molecule has 0 spiro atoms. The first kappa shape index (κ1) is 12.8. The topological polar surface area (TPSA) is 30.0 Å². The minimum absolute atomic E-state index is 0.0602. The second kappa shape index (κ2) is 5.20. The number of aryl methyl sites for hydroxylation is 1. The second-order valence-electron chi connectivity index (χ2n) is 2.74. The van der Waals surface area contributed by atoms with E-state index in [-0.39, 0.29) is 15.9 Å². The van der Waals surface area contributed by atoms with Gasteiger partial charge in [0.15, 0.2) is 0 Å². The van der Waals surface area contributed by atoms with Gasteiger partial charge < -0.3 is 0 Å². The molecule has 0 atom stereocenters. The quantitative estimate of drug-likeness (QED) is 0.471. The van der Waals surface area contributed by atoms with Crippen LogP contribution in [0, 0.1) is 6.92 Å². The highest BCUT2D eigenvalue weighted by atomic mass is 35.5. The summed E-state index contributed by atoms with van der Waals surface area (Å²) >= 11 is 22.7. The minimum atomic E-state index is -0.998. The summed E-state index contributed by atoms with van der Waals surface area (Å²) in [5.41, 5.74) is 1.11. The molecule has 2 nitrogen and oxygen atoms in total. The SMILES string of the molecule is Cc1cc(Cl)nc(Cl)c1C(=C=O)C(Cl)Cl. The fourth-order valence-corrected chi connectivity index (χ4v) is 2.06. The van der Waals surface area contributed by atoms with E-state index in [0.717, 1.165) is 0 Å². The second-order valence-corrected chi connectivity index (χ2v) is 4.59. The van der Waals surface area contributed by atoms with Crippen LogP contribution in [0.1, 0.15) is 11.1 Å². The Morgan fingerprint density at radius 3 is 2.47 bits per heavy atom. The van der Waals surface area contributed by atoms with Gasteiger partial charge in [0.25, 0.3) is 0 Å². The number of hydrogen-bond acceptors (Lipinski definition) is 2. The van der Waals surface area contributed by atoms with Crippen molar-refractivity contribution >= 4 is 57.9 Å². The third kappa shape index (κ3) is 2.87. The van der Waals surface area contributed by atoms with Crippen molar-refractivity contribution in [2.45, 2.75) is 11.8 Å². The Labute approximate surface area is 107 Å².